The summed E-state index contributed by atoms with van der Waals surface area (Å²) >= 11 is 1.20. The number of amides is 1. The van der Waals surface area contributed by atoms with E-state index in [4.69, 9.17) is 0 Å². The first-order valence-electron chi connectivity index (χ1n) is 6.07. The highest BCUT2D eigenvalue weighted by atomic mass is 32.1. The normalized spacial score (nSPS) is 9.95. The summed E-state index contributed by atoms with van der Waals surface area (Å²) in [7, 11) is 1.28. The first-order valence-corrected chi connectivity index (χ1v) is 6.95. The molecule has 0 aromatic carbocycles. The van der Waals surface area contributed by atoms with E-state index >= 15 is 0 Å². The zero-order valence-corrected chi connectivity index (χ0v) is 12.5. The molecule has 7 nitrogen and oxygen atoms in total. The van der Waals surface area contributed by atoms with Crippen LogP contribution >= 0.6 is 11.3 Å². The van der Waals surface area contributed by atoms with Crippen LogP contribution in [-0.4, -0.2) is 37.1 Å². The van der Waals surface area contributed by atoms with Crippen LogP contribution in [0.15, 0.2) is 10.7 Å². The van der Waals surface area contributed by atoms with Crippen LogP contribution in [0.25, 0.3) is 0 Å². The van der Waals surface area contributed by atoms with E-state index in [0.717, 1.165) is 10.6 Å². The van der Waals surface area contributed by atoms with Gasteiger partial charge in [-0.1, -0.05) is 6.92 Å². The highest BCUT2D eigenvalue weighted by Crippen LogP contribution is 2.28. The van der Waals surface area contributed by atoms with Crippen LogP contribution < -0.4 is 5.32 Å². The lowest BCUT2D eigenvalue weighted by molar-refractivity contribution is -0.117. The Bertz CT molecular complexity index is 501. The van der Waals surface area contributed by atoms with Gasteiger partial charge >= 0.3 is 5.97 Å². The average Bonchev–Trinajstić information content (AvgIpc) is 2.79. The Balaban J connectivity index is 2.77. The largest absolute Gasteiger partial charge is 0.465 e. The summed E-state index contributed by atoms with van der Waals surface area (Å²) in [5.41, 5.74) is 1.19. The van der Waals surface area contributed by atoms with Crippen molar-refractivity contribution < 1.29 is 14.3 Å². The molecule has 110 valence electrons. The SMILES string of the molecule is CCCN(CC(=O)Nc1c(C)csc1C(=O)OC)N=O. The Kier molecular flexibility index (Phi) is 6.10. The lowest BCUT2D eigenvalue weighted by atomic mass is 10.2. The number of hydrogen-bond donors (Lipinski definition) is 1. The topological polar surface area (TPSA) is 88.1 Å². The summed E-state index contributed by atoms with van der Waals surface area (Å²) in [5.74, 6) is -0.901. The minimum atomic E-state index is -0.502. The number of aryl methyl sites for hydroxylation is 1. The number of nitrogens with zero attached hydrogens (tertiary/aromatic N) is 2. The van der Waals surface area contributed by atoms with Crippen LogP contribution in [0.3, 0.4) is 0 Å². The first-order chi connectivity index (χ1) is 9.53. The molecule has 0 saturated carbocycles. The van der Waals surface area contributed by atoms with Gasteiger partial charge in [0.1, 0.15) is 11.4 Å². The van der Waals surface area contributed by atoms with Gasteiger partial charge in [-0.25, -0.2) is 4.79 Å². The molecule has 1 N–H and O–H groups in total. The minimum Gasteiger partial charge on any atom is -0.465 e. The van der Waals surface area contributed by atoms with E-state index in [1.807, 2.05) is 6.92 Å². The number of esters is 1. The summed E-state index contributed by atoms with van der Waals surface area (Å²) in [6.07, 6.45) is 0.712. The highest BCUT2D eigenvalue weighted by Gasteiger charge is 2.19. The molecular weight excluding hydrogens is 282 g/mol. The van der Waals surface area contributed by atoms with Gasteiger partial charge in [0.25, 0.3) is 0 Å². The number of ether oxygens (including phenoxy) is 1. The van der Waals surface area contributed by atoms with Gasteiger partial charge in [0.2, 0.25) is 5.91 Å². The molecule has 20 heavy (non-hydrogen) atoms. The van der Waals surface area contributed by atoms with E-state index in [9.17, 15) is 14.5 Å². The minimum absolute atomic E-state index is 0.146. The number of rotatable bonds is 7. The highest BCUT2D eigenvalue weighted by molar-refractivity contribution is 7.12. The lowest BCUT2D eigenvalue weighted by Crippen LogP contribution is -2.30. The lowest BCUT2D eigenvalue weighted by Gasteiger charge is -2.14. The fourth-order valence-corrected chi connectivity index (χ4v) is 2.52. The van der Waals surface area contributed by atoms with Crippen LogP contribution in [0.2, 0.25) is 0 Å². The Morgan fingerprint density at radius 2 is 2.20 bits per heavy atom. The number of thiophene rings is 1. The molecule has 0 fully saturated rings. The zero-order chi connectivity index (χ0) is 15.1. The fraction of sp³-hybridized carbons (Fsp3) is 0.500. The summed E-state index contributed by atoms with van der Waals surface area (Å²) in [6, 6.07) is 0. The quantitative estimate of drug-likeness (QED) is 0.473. The maximum absolute atomic E-state index is 11.9. The maximum Gasteiger partial charge on any atom is 0.350 e. The van der Waals surface area contributed by atoms with Crippen molar-refractivity contribution in [3.63, 3.8) is 0 Å². The van der Waals surface area contributed by atoms with Gasteiger partial charge in [0.15, 0.2) is 0 Å². The summed E-state index contributed by atoms with van der Waals surface area (Å²) in [6.45, 7) is 3.92. The zero-order valence-electron chi connectivity index (χ0n) is 11.6. The fourth-order valence-electron chi connectivity index (χ4n) is 1.59. The summed E-state index contributed by atoms with van der Waals surface area (Å²) in [5, 5.41) is 8.29. The van der Waals surface area contributed by atoms with Crippen LogP contribution in [0.5, 0.6) is 0 Å². The molecule has 0 atom stereocenters. The molecular formula is C12H17N3O4S. The van der Waals surface area contributed by atoms with Crippen molar-refractivity contribution >= 4 is 28.9 Å². The monoisotopic (exact) mass is 299 g/mol. The molecule has 1 amide bonds. The number of nitroso groups, excluding NO2 is 1. The van der Waals surface area contributed by atoms with E-state index in [-0.39, 0.29) is 6.54 Å². The Labute approximate surface area is 120 Å². The van der Waals surface area contributed by atoms with Gasteiger partial charge in [-0.15, -0.1) is 16.2 Å². The van der Waals surface area contributed by atoms with Gasteiger partial charge < -0.3 is 10.1 Å². The van der Waals surface area contributed by atoms with Crippen LogP contribution in [0.4, 0.5) is 5.69 Å². The van der Waals surface area contributed by atoms with Crippen molar-refractivity contribution in [3.8, 4) is 0 Å². The molecule has 0 radical (unpaired) electrons. The summed E-state index contributed by atoms with van der Waals surface area (Å²) in [4.78, 5) is 34.3. The van der Waals surface area contributed by atoms with Gasteiger partial charge in [-0.2, -0.15) is 0 Å². The summed E-state index contributed by atoms with van der Waals surface area (Å²) < 4.78 is 4.65. The second-order valence-corrected chi connectivity index (χ2v) is 5.01. The van der Waals surface area contributed by atoms with Crippen LogP contribution in [0.1, 0.15) is 28.6 Å². The molecule has 0 aliphatic heterocycles. The molecule has 0 unspecified atom stereocenters. The molecule has 0 bridgehead atoms. The number of nitrogens with one attached hydrogen (secondary N) is 1. The Morgan fingerprint density at radius 3 is 2.75 bits per heavy atom. The second-order valence-electron chi connectivity index (χ2n) is 4.13. The number of hydrogen-bond acceptors (Lipinski definition) is 6. The van der Waals surface area contributed by atoms with Crippen molar-refractivity contribution in [3.05, 3.63) is 20.7 Å². The third-order valence-electron chi connectivity index (χ3n) is 2.53. The third kappa shape index (κ3) is 4.02. The van der Waals surface area contributed by atoms with E-state index < -0.39 is 11.9 Å². The Hall–Kier alpha value is -1.96. The Morgan fingerprint density at radius 1 is 1.50 bits per heavy atom. The van der Waals surface area contributed by atoms with Crippen molar-refractivity contribution in [1.82, 2.24) is 5.01 Å². The third-order valence-corrected chi connectivity index (χ3v) is 3.61. The van der Waals surface area contributed by atoms with Crippen LogP contribution in [0, 0.1) is 11.8 Å². The predicted molar refractivity (Wildman–Crippen MR) is 76.7 cm³/mol. The first kappa shape index (κ1) is 16.1. The smallest absolute Gasteiger partial charge is 0.350 e. The van der Waals surface area contributed by atoms with Crippen molar-refractivity contribution in [1.29, 1.82) is 0 Å². The second kappa shape index (κ2) is 7.59. The van der Waals surface area contributed by atoms with E-state index in [2.05, 4.69) is 15.3 Å². The maximum atomic E-state index is 11.9. The molecule has 1 aromatic rings. The molecule has 1 rings (SSSR count). The number of carbonyl (C=O) groups excluding carboxylic acids is 2. The standard InChI is InChI=1S/C12H17N3O4S/c1-4-5-15(14-18)6-9(16)13-10-8(2)7-20-11(10)12(17)19-3/h7H,4-6H2,1-3H3,(H,13,16). The predicted octanol–water partition coefficient (Wildman–Crippen LogP) is 2.18. The van der Waals surface area contributed by atoms with Gasteiger partial charge in [-0.3, -0.25) is 9.80 Å². The molecule has 8 heteroatoms. The van der Waals surface area contributed by atoms with Gasteiger partial charge in [-0.05, 0) is 24.3 Å². The van der Waals surface area contributed by atoms with E-state index in [0.29, 0.717) is 23.5 Å². The average molecular weight is 299 g/mol. The molecule has 0 aliphatic carbocycles. The van der Waals surface area contributed by atoms with Gasteiger partial charge in [0.05, 0.1) is 18.1 Å². The van der Waals surface area contributed by atoms with E-state index in [1.54, 1.807) is 12.3 Å². The molecule has 0 saturated heterocycles. The number of anilines is 1. The van der Waals surface area contributed by atoms with Crippen molar-refractivity contribution in [2.24, 2.45) is 5.29 Å². The molecule has 0 aliphatic rings. The van der Waals surface area contributed by atoms with Crippen molar-refractivity contribution in [2.45, 2.75) is 20.3 Å². The molecule has 0 spiro atoms. The van der Waals surface area contributed by atoms with Crippen molar-refractivity contribution in [2.75, 3.05) is 25.5 Å². The van der Waals surface area contributed by atoms with Gasteiger partial charge in [0, 0.05) is 6.54 Å². The molecule has 1 aromatic heterocycles. The number of methoxy groups -OCH3 is 1. The van der Waals surface area contributed by atoms with Crippen LogP contribution in [-0.2, 0) is 9.53 Å². The van der Waals surface area contributed by atoms with E-state index in [1.165, 1.54) is 18.4 Å². The number of carbonyl (C=O) groups is 2. The molecule has 1 heterocycles.